The number of amides is 1. The first-order chi connectivity index (χ1) is 14.8. The summed E-state index contributed by atoms with van der Waals surface area (Å²) < 4.78 is 11.8. The molecule has 0 bridgehead atoms. The molecule has 0 aliphatic heterocycles. The van der Waals surface area contributed by atoms with Gasteiger partial charge in [0.05, 0.1) is 0 Å². The highest BCUT2D eigenvalue weighted by Gasteiger charge is 2.30. The van der Waals surface area contributed by atoms with Crippen LogP contribution in [0.15, 0.2) is 71.1 Å². The van der Waals surface area contributed by atoms with Gasteiger partial charge in [0.1, 0.15) is 11.3 Å². The molecule has 1 N–H and O–H groups in total. The Hall–Kier alpha value is -3.31. The number of anilines is 1. The van der Waals surface area contributed by atoms with Gasteiger partial charge >= 0.3 is 0 Å². The van der Waals surface area contributed by atoms with Gasteiger partial charge in [0.25, 0.3) is 5.91 Å². The van der Waals surface area contributed by atoms with Crippen molar-refractivity contribution in [3.63, 3.8) is 0 Å². The Labute approximate surface area is 186 Å². The van der Waals surface area contributed by atoms with Gasteiger partial charge in [-0.25, -0.2) is 4.98 Å². The van der Waals surface area contributed by atoms with Crippen molar-refractivity contribution < 1.29 is 13.9 Å². The molecule has 0 fully saturated rings. The summed E-state index contributed by atoms with van der Waals surface area (Å²) in [7, 11) is 0. The van der Waals surface area contributed by atoms with Gasteiger partial charge in [-0.3, -0.25) is 4.79 Å². The molecule has 1 aromatic heterocycles. The highest BCUT2D eigenvalue weighted by atomic mass is 35.5. The van der Waals surface area contributed by atoms with E-state index in [9.17, 15) is 4.79 Å². The molecule has 4 aromatic rings. The molecule has 0 atom stereocenters. The number of nitrogens with zero attached hydrogens (tertiary/aromatic N) is 1. The van der Waals surface area contributed by atoms with Gasteiger partial charge in [-0.2, -0.15) is 0 Å². The minimum atomic E-state index is -1.09. The van der Waals surface area contributed by atoms with Crippen molar-refractivity contribution in [2.75, 3.05) is 5.32 Å². The number of oxazole rings is 1. The summed E-state index contributed by atoms with van der Waals surface area (Å²) in [5.41, 5.74) is 3.09. The van der Waals surface area contributed by atoms with E-state index in [0.717, 1.165) is 23.1 Å². The van der Waals surface area contributed by atoms with Gasteiger partial charge in [-0.1, -0.05) is 30.7 Å². The normalized spacial score (nSPS) is 11.5. The molecular weight excluding hydrogens is 412 g/mol. The lowest BCUT2D eigenvalue weighted by molar-refractivity contribution is -0.128. The average molecular weight is 435 g/mol. The highest BCUT2D eigenvalue weighted by Crippen LogP contribution is 2.28. The highest BCUT2D eigenvalue weighted by molar-refractivity contribution is 6.30. The molecule has 0 spiro atoms. The topological polar surface area (TPSA) is 64.4 Å². The summed E-state index contributed by atoms with van der Waals surface area (Å²) in [4.78, 5) is 17.5. The lowest BCUT2D eigenvalue weighted by Gasteiger charge is -2.25. The third-order valence-corrected chi connectivity index (χ3v) is 5.21. The van der Waals surface area contributed by atoms with Crippen LogP contribution in [-0.4, -0.2) is 16.5 Å². The zero-order valence-corrected chi connectivity index (χ0v) is 18.4. The smallest absolute Gasteiger partial charge is 0.267 e. The Kier molecular flexibility index (Phi) is 5.70. The van der Waals surface area contributed by atoms with Crippen molar-refractivity contribution in [1.29, 1.82) is 0 Å². The minimum absolute atomic E-state index is 0.273. The molecule has 1 amide bonds. The van der Waals surface area contributed by atoms with Crippen LogP contribution in [0.2, 0.25) is 5.02 Å². The number of carbonyl (C=O) groups is 1. The lowest BCUT2D eigenvalue weighted by atomic mass is 10.1. The van der Waals surface area contributed by atoms with Gasteiger partial charge in [0.15, 0.2) is 11.2 Å². The van der Waals surface area contributed by atoms with Crippen molar-refractivity contribution in [3.8, 4) is 17.2 Å². The van der Waals surface area contributed by atoms with Crippen LogP contribution in [0.1, 0.15) is 26.3 Å². The second kappa shape index (κ2) is 8.44. The summed E-state index contributed by atoms with van der Waals surface area (Å²) in [5.74, 6) is 0.803. The standard InChI is InChI=1S/C25H23ClN2O3/c1-4-16-8-13-22-21(14-16)28-23(30-22)17-6-5-7-19(15-17)27-24(29)25(2,3)31-20-11-9-18(26)10-12-20/h5-15H,4H2,1-3H3,(H,27,29). The van der Waals surface area contributed by atoms with E-state index in [1.807, 2.05) is 42.5 Å². The second-order valence-corrected chi connectivity index (χ2v) is 8.21. The van der Waals surface area contributed by atoms with Crippen molar-refractivity contribution in [3.05, 3.63) is 77.3 Å². The first-order valence-electron chi connectivity index (χ1n) is 10.1. The molecule has 3 aromatic carbocycles. The maximum absolute atomic E-state index is 12.9. The summed E-state index contributed by atoms with van der Waals surface area (Å²) in [6, 6.07) is 20.3. The number of carbonyl (C=O) groups excluding carboxylic acids is 1. The molecule has 6 heteroatoms. The minimum Gasteiger partial charge on any atom is -0.478 e. The van der Waals surface area contributed by atoms with Crippen LogP contribution < -0.4 is 10.1 Å². The largest absolute Gasteiger partial charge is 0.478 e. The van der Waals surface area contributed by atoms with Crippen LogP contribution in [0.3, 0.4) is 0 Å². The maximum Gasteiger partial charge on any atom is 0.267 e. The predicted molar refractivity (Wildman–Crippen MR) is 124 cm³/mol. The Morgan fingerprint density at radius 3 is 2.61 bits per heavy atom. The quantitative estimate of drug-likeness (QED) is 0.376. The number of ether oxygens (including phenoxy) is 1. The van der Waals surface area contributed by atoms with E-state index in [4.69, 9.17) is 20.8 Å². The Morgan fingerprint density at radius 1 is 1.10 bits per heavy atom. The van der Waals surface area contributed by atoms with E-state index in [-0.39, 0.29) is 5.91 Å². The van der Waals surface area contributed by atoms with E-state index in [0.29, 0.717) is 22.4 Å². The van der Waals surface area contributed by atoms with E-state index >= 15 is 0 Å². The van der Waals surface area contributed by atoms with E-state index < -0.39 is 5.60 Å². The zero-order chi connectivity index (χ0) is 22.0. The van der Waals surface area contributed by atoms with E-state index in [1.165, 1.54) is 5.56 Å². The van der Waals surface area contributed by atoms with Crippen molar-refractivity contribution in [2.45, 2.75) is 32.8 Å². The van der Waals surface area contributed by atoms with E-state index in [1.54, 1.807) is 38.1 Å². The molecule has 0 unspecified atom stereocenters. The molecule has 0 aliphatic rings. The maximum atomic E-state index is 12.9. The number of hydrogen-bond acceptors (Lipinski definition) is 4. The third-order valence-electron chi connectivity index (χ3n) is 4.96. The lowest BCUT2D eigenvalue weighted by Crippen LogP contribution is -2.42. The van der Waals surface area contributed by atoms with Crippen LogP contribution in [0, 0.1) is 0 Å². The first kappa shape index (κ1) is 20.9. The summed E-state index contributed by atoms with van der Waals surface area (Å²) in [5, 5.41) is 3.52. The van der Waals surface area contributed by atoms with Gasteiger partial charge in [-0.05, 0) is 80.4 Å². The van der Waals surface area contributed by atoms with Crippen LogP contribution in [0.25, 0.3) is 22.6 Å². The third kappa shape index (κ3) is 4.72. The summed E-state index contributed by atoms with van der Waals surface area (Å²) in [6.07, 6.45) is 0.938. The molecule has 0 aliphatic carbocycles. The Bertz CT molecular complexity index is 1230. The van der Waals surface area contributed by atoms with Gasteiger partial charge in [0, 0.05) is 16.3 Å². The molecule has 158 valence electrons. The van der Waals surface area contributed by atoms with E-state index in [2.05, 4.69) is 17.2 Å². The fourth-order valence-corrected chi connectivity index (χ4v) is 3.30. The van der Waals surface area contributed by atoms with Crippen LogP contribution in [0.5, 0.6) is 5.75 Å². The van der Waals surface area contributed by atoms with Gasteiger partial charge in [-0.15, -0.1) is 0 Å². The summed E-state index contributed by atoms with van der Waals surface area (Å²) >= 11 is 5.91. The van der Waals surface area contributed by atoms with Gasteiger partial charge < -0.3 is 14.5 Å². The average Bonchev–Trinajstić information content (AvgIpc) is 3.19. The molecular formula is C25H23ClN2O3. The zero-order valence-electron chi connectivity index (χ0n) is 17.6. The molecule has 4 rings (SSSR count). The molecule has 31 heavy (non-hydrogen) atoms. The van der Waals surface area contributed by atoms with Crippen molar-refractivity contribution in [2.24, 2.45) is 0 Å². The monoisotopic (exact) mass is 434 g/mol. The second-order valence-electron chi connectivity index (χ2n) is 7.78. The van der Waals surface area contributed by atoms with Gasteiger partial charge in [0.2, 0.25) is 5.89 Å². The number of fused-ring (bicyclic) bond motifs is 1. The fourth-order valence-electron chi connectivity index (χ4n) is 3.17. The van der Waals surface area contributed by atoms with Crippen LogP contribution >= 0.6 is 11.6 Å². The molecule has 1 heterocycles. The van der Waals surface area contributed by atoms with Crippen LogP contribution in [0.4, 0.5) is 5.69 Å². The number of halogens is 1. The number of aromatic nitrogens is 1. The number of nitrogens with one attached hydrogen (secondary N) is 1. The molecule has 0 saturated carbocycles. The van der Waals surface area contributed by atoms with Crippen molar-refractivity contribution in [1.82, 2.24) is 4.98 Å². The number of benzene rings is 3. The fraction of sp³-hybridized carbons (Fsp3) is 0.200. The Morgan fingerprint density at radius 2 is 1.87 bits per heavy atom. The number of aryl methyl sites for hydroxylation is 1. The first-order valence-corrected chi connectivity index (χ1v) is 10.5. The summed E-state index contributed by atoms with van der Waals surface area (Å²) in [6.45, 7) is 5.53. The predicted octanol–water partition coefficient (Wildman–Crippen LogP) is 6.51. The molecule has 5 nitrogen and oxygen atoms in total. The van der Waals surface area contributed by atoms with Crippen molar-refractivity contribution >= 4 is 34.3 Å². The Balaban J connectivity index is 1.52. The molecule has 0 saturated heterocycles. The number of rotatable bonds is 6. The molecule has 0 radical (unpaired) electrons. The SMILES string of the molecule is CCc1ccc2oc(-c3cccc(NC(=O)C(C)(C)Oc4ccc(Cl)cc4)c3)nc2c1. The number of hydrogen-bond donors (Lipinski definition) is 1. The van der Waals surface area contributed by atoms with Crippen LogP contribution in [-0.2, 0) is 11.2 Å².